The van der Waals surface area contributed by atoms with E-state index in [0.717, 1.165) is 11.1 Å². The summed E-state index contributed by atoms with van der Waals surface area (Å²) in [6.45, 7) is 4.00. The van der Waals surface area contributed by atoms with Gasteiger partial charge in [0.1, 0.15) is 6.61 Å². The van der Waals surface area contributed by atoms with Crippen LogP contribution in [0.25, 0.3) is 6.08 Å². The van der Waals surface area contributed by atoms with Crippen LogP contribution in [0, 0.1) is 0 Å². The number of allylic oxidation sites excluding steroid dienone is 1. The topological polar surface area (TPSA) is 79.1 Å². The number of methoxy groups -OCH3 is 1. The van der Waals surface area contributed by atoms with Crippen molar-refractivity contribution in [1.82, 2.24) is 4.57 Å². The first-order valence-electron chi connectivity index (χ1n) is 12.9. The van der Waals surface area contributed by atoms with E-state index in [1.807, 2.05) is 18.2 Å². The summed E-state index contributed by atoms with van der Waals surface area (Å²) in [6, 6.07) is 17.4. The van der Waals surface area contributed by atoms with Crippen molar-refractivity contribution in [2.24, 2.45) is 4.99 Å². The Hall–Kier alpha value is -3.37. The highest BCUT2D eigenvalue weighted by atomic mass is 79.9. The van der Waals surface area contributed by atoms with Crippen LogP contribution in [0.15, 0.2) is 86.2 Å². The van der Waals surface area contributed by atoms with E-state index in [9.17, 15) is 9.59 Å². The largest absolute Gasteiger partial charge is 0.493 e. The van der Waals surface area contributed by atoms with E-state index in [2.05, 4.69) is 20.9 Å². The summed E-state index contributed by atoms with van der Waals surface area (Å²) in [5.41, 5.74) is 2.90. The molecular weight excluding hydrogens is 663 g/mol. The minimum absolute atomic E-state index is 0.198. The van der Waals surface area contributed by atoms with Crippen molar-refractivity contribution < 1.29 is 19.0 Å². The molecule has 4 aromatic rings. The molecule has 1 atom stereocenters. The Morgan fingerprint density at radius 3 is 2.40 bits per heavy atom. The highest BCUT2D eigenvalue weighted by Crippen LogP contribution is 2.37. The molecule has 0 aliphatic carbocycles. The van der Waals surface area contributed by atoms with Crippen molar-refractivity contribution >= 4 is 62.5 Å². The number of aromatic nitrogens is 1. The molecule has 0 unspecified atom stereocenters. The Morgan fingerprint density at radius 1 is 1.10 bits per heavy atom. The van der Waals surface area contributed by atoms with Gasteiger partial charge < -0.3 is 14.2 Å². The standard InChI is InChI=1S/C31H25BrCl2N2O5S/c1-4-40-30(38)26-17(2)35-31-36(27(26)20-7-11-22(34)12-8-20)29(37)25(42-31)15-19-13-23(32)28(24(14-19)39-3)41-16-18-5-9-21(33)10-6-18/h5-15,27H,4,16H2,1-3H3/b25-15-/t27-/m0/s1. The molecule has 0 N–H and O–H groups in total. The van der Waals surface area contributed by atoms with Crippen LogP contribution in [0.1, 0.15) is 36.6 Å². The number of nitrogens with zero attached hydrogens (tertiary/aromatic N) is 2. The fourth-order valence-electron chi connectivity index (χ4n) is 4.60. The molecule has 11 heteroatoms. The van der Waals surface area contributed by atoms with Crippen molar-refractivity contribution in [1.29, 1.82) is 0 Å². The number of benzene rings is 3. The molecular formula is C31H25BrCl2N2O5S. The van der Waals surface area contributed by atoms with Crippen molar-refractivity contribution in [3.8, 4) is 11.5 Å². The zero-order chi connectivity index (χ0) is 30.0. The quantitative estimate of drug-likeness (QED) is 0.199. The first-order valence-corrected chi connectivity index (χ1v) is 15.3. The summed E-state index contributed by atoms with van der Waals surface area (Å²) < 4.78 is 19.7. The number of rotatable bonds is 8. The molecule has 1 aromatic heterocycles. The van der Waals surface area contributed by atoms with Crippen molar-refractivity contribution in [2.75, 3.05) is 13.7 Å². The molecule has 0 amide bonds. The second-order valence-corrected chi connectivity index (χ2v) is 12.0. The lowest BCUT2D eigenvalue weighted by Crippen LogP contribution is -2.39. The average molecular weight is 688 g/mol. The third-order valence-electron chi connectivity index (χ3n) is 6.55. The zero-order valence-electron chi connectivity index (χ0n) is 22.8. The molecule has 0 saturated heterocycles. The number of hydrogen-bond donors (Lipinski definition) is 0. The molecule has 7 nitrogen and oxygen atoms in total. The van der Waals surface area contributed by atoms with Crippen LogP contribution in [0.2, 0.25) is 10.0 Å². The van der Waals surface area contributed by atoms with Crippen LogP contribution >= 0.6 is 50.5 Å². The van der Waals surface area contributed by atoms with E-state index < -0.39 is 12.0 Å². The number of thiazole rings is 1. The molecule has 42 heavy (non-hydrogen) atoms. The Morgan fingerprint density at radius 2 is 1.76 bits per heavy atom. The third kappa shape index (κ3) is 6.20. The Labute approximate surface area is 264 Å². The summed E-state index contributed by atoms with van der Waals surface area (Å²) in [5, 5.41) is 1.20. The third-order valence-corrected chi connectivity index (χ3v) is 8.62. The van der Waals surface area contributed by atoms with Crippen LogP contribution in [-0.2, 0) is 16.1 Å². The predicted octanol–water partition coefficient (Wildman–Crippen LogP) is 6.46. The van der Waals surface area contributed by atoms with Gasteiger partial charge in [-0.15, -0.1) is 0 Å². The summed E-state index contributed by atoms with van der Waals surface area (Å²) in [6.07, 6.45) is 1.77. The SMILES string of the molecule is CCOC(=O)C1=C(C)N=c2s/c(=C\c3cc(Br)c(OCc4ccc(Cl)cc4)c(OC)c3)c(=O)n2[C@H]1c1ccc(Cl)cc1. The van der Waals surface area contributed by atoms with Crippen LogP contribution in [-0.4, -0.2) is 24.3 Å². The highest BCUT2D eigenvalue weighted by molar-refractivity contribution is 9.10. The van der Waals surface area contributed by atoms with E-state index in [1.54, 1.807) is 69.5 Å². The lowest BCUT2D eigenvalue weighted by molar-refractivity contribution is -0.139. The number of ether oxygens (including phenoxy) is 3. The fraction of sp³-hybridized carbons (Fsp3) is 0.194. The van der Waals surface area contributed by atoms with Crippen molar-refractivity contribution in [3.05, 3.63) is 123 Å². The van der Waals surface area contributed by atoms with Crippen LogP contribution < -0.4 is 24.4 Å². The molecule has 3 aromatic carbocycles. The lowest BCUT2D eigenvalue weighted by atomic mass is 9.96. The molecule has 0 radical (unpaired) electrons. The van der Waals surface area contributed by atoms with Crippen LogP contribution in [0.5, 0.6) is 11.5 Å². The summed E-state index contributed by atoms with van der Waals surface area (Å²) in [7, 11) is 1.56. The molecule has 0 spiro atoms. The molecule has 2 heterocycles. The van der Waals surface area contributed by atoms with Gasteiger partial charge in [-0.3, -0.25) is 9.36 Å². The highest BCUT2D eigenvalue weighted by Gasteiger charge is 2.33. The zero-order valence-corrected chi connectivity index (χ0v) is 26.7. The van der Waals surface area contributed by atoms with Gasteiger partial charge in [0.05, 0.1) is 40.0 Å². The number of esters is 1. The van der Waals surface area contributed by atoms with E-state index in [-0.39, 0.29) is 12.2 Å². The molecule has 0 saturated carbocycles. The minimum atomic E-state index is -0.718. The maximum Gasteiger partial charge on any atom is 0.338 e. The fourth-order valence-corrected chi connectivity index (χ4v) is 6.48. The predicted molar refractivity (Wildman–Crippen MR) is 168 cm³/mol. The van der Waals surface area contributed by atoms with Gasteiger partial charge in [-0.1, -0.05) is 58.8 Å². The van der Waals surface area contributed by atoms with Gasteiger partial charge in [0.2, 0.25) is 0 Å². The molecule has 1 aliphatic rings. The lowest BCUT2D eigenvalue weighted by Gasteiger charge is -2.24. The van der Waals surface area contributed by atoms with Gasteiger partial charge >= 0.3 is 5.97 Å². The van der Waals surface area contributed by atoms with Crippen molar-refractivity contribution in [3.63, 3.8) is 0 Å². The second kappa shape index (κ2) is 12.9. The normalized spacial score (nSPS) is 14.8. The monoisotopic (exact) mass is 686 g/mol. The molecule has 0 bridgehead atoms. The van der Waals surface area contributed by atoms with Gasteiger partial charge in [0.15, 0.2) is 16.3 Å². The van der Waals surface area contributed by atoms with E-state index in [4.69, 9.17) is 37.4 Å². The van der Waals surface area contributed by atoms with Crippen LogP contribution in [0.4, 0.5) is 0 Å². The summed E-state index contributed by atoms with van der Waals surface area (Å²) in [4.78, 5) is 32.0. The van der Waals surface area contributed by atoms with Gasteiger partial charge in [-0.2, -0.15) is 0 Å². The molecule has 5 rings (SSSR count). The minimum Gasteiger partial charge on any atom is -0.493 e. The number of hydrogen-bond acceptors (Lipinski definition) is 7. The van der Waals surface area contributed by atoms with E-state index >= 15 is 0 Å². The first-order chi connectivity index (χ1) is 20.2. The Bertz CT molecular complexity index is 1870. The number of fused-ring (bicyclic) bond motifs is 1. The summed E-state index contributed by atoms with van der Waals surface area (Å²) >= 11 is 17.0. The maximum atomic E-state index is 13.9. The smallest absolute Gasteiger partial charge is 0.338 e. The van der Waals surface area contributed by atoms with Gasteiger partial charge in [-0.25, -0.2) is 9.79 Å². The van der Waals surface area contributed by atoms with Gasteiger partial charge in [0, 0.05) is 10.0 Å². The Kier molecular flexibility index (Phi) is 9.22. The van der Waals surface area contributed by atoms with Gasteiger partial charge in [-0.05, 0) is 88.9 Å². The average Bonchev–Trinajstić information content (AvgIpc) is 3.26. The van der Waals surface area contributed by atoms with E-state index in [0.29, 0.717) is 58.8 Å². The molecule has 216 valence electrons. The number of carbonyl (C=O) groups excluding carboxylic acids is 1. The Balaban J connectivity index is 1.56. The molecule has 0 fully saturated rings. The number of carbonyl (C=O) groups is 1. The second-order valence-electron chi connectivity index (χ2n) is 9.30. The van der Waals surface area contributed by atoms with Crippen molar-refractivity contribution in [2.45, 2.75) is 26.5 Å². The maximum absolute atomic E-state index is 13.9. The number of halogens is 3. The molecule has 1 aliphatic heterocycles. The first kappa shape index (κ1) is 30.1. The van der Waals surface area contributed by atoms with E-state index in [1.165, 1.54) is 15.9 Å². The van der Waals surface area contributed by atoms with Gasteiger partial charge in [0.25, 0.3) is 5.56 Å². The summed E-state index contributed by atoms with van der Waals surface area (Å²) in [5.74, 6) is 0.510. The van der Waals surface area contributed by atoms with Crippen LogP contribution in [0.3, 0.4) is 0 Å².